The van der Waals surface area contributed by atoms with Crippen LogP contribution in [0.3, 0.4) is 0 Å². The van der Waals surface area contributed by atoms with Crippen molar-refractivity contribution < 1.29 is 4.74 Å². The Balaban J connectivity index is 2.39. The fourth-order valence-electron chi connectivity index (χ4n) is 2.37. The van der Waals surface area contributed by atoms with Crippen molar-refractivity contribution in [2.75, 3.05) is 32.8 Å². The van der Waals surface area contributed by atoms with Crippen molar-refractivity contribution in [3.05, 3.63) is 0 Å². The zero-order chi connectivity index (χ0) is 12.9. The smallest absolute Gasteiger partial charge is 0.0673 e. The molecule has 0 spiro atoms. The Kier molecular flexibility index (Phi) is 5.90. The van der Waals surface area contributed by atoms with Crippen LogP contribution in [0.5, 0.6) is 0 Å². The molecule has 1 heterocycles. The van der Waals surface area contributed by atoms with Crippen LogP contribution in [0.2, 0.25) is 0 Å². The maximum atomic E-state index is 5.69. The Morgan fingerprint density at radius 3 is 2.76 bits per heavy atom. The zero-order valence-electron chi connectivity index (χ0n) is 12.3. The Bertz CT molecular complexity index is 216. The van der Waals surface area contributed by atoms with Crippen LogP contribution < -0.4 is 5.32 Å². The largest absolute Gasteiger partial charge is 0.377 e. The predicted octanol–water partition coefficient (Wildman–Crippen LogP) is 2.12. The van der Waals surface area contributed by atoms with Crippen LogP contribution in [-0.2, 0) is 4.74 Å². The third kappa shape index (κ3) is 6.39. The third-order valence-corrected chi connectivity index (χ3v) is 3.18. The van der Waals surface area contributed by atoms with Gasteiger partial charge in [-0.1, -0.05) is 27.7 Å². The molecule has 3 heteroatoms. The molecule has 1 atom stereocenters. The molecule has 102 valence electrons. The van der Waals surface area contributed by atoms with Gasteiger partial charge in [-0.2, -0.15) is 0 Å². The highest BCUT2D eigenvalue weighted by Gasteiger charge is 2.24. The minimum absolute atomic E-state index is 0.328. The molecule has 0 aromatic rings. The second kappa shape index (κ2) is 6.72. The minimum atomic E-state index is 0.328. The molecule has 1 unspecified atom stereocenters. The lowest BCUT2D eigenvalue weighted by atomic mass is 9.92. The van der Waals surface area contributed by atoms with E-state index in [0.29, 0.717) is 17.6 Å². The first kappa shape index (κ1) is 14.9. The summed E-state index contributed by atoms with van der Waals surface area (Å²) in [6, 6.07) is 0.570. The van der Waals surface area contributed by atoms with Gasteiger partial charge in [0.05, 0.1) is 6.10 Å². The standard InChI is InChI=1S/C14H30N2O/c1-12(2)15-10-14(4,5)11-16-7-6-8-17-13(3)9-16/h12-13,15H,6-11H2,1-5H3. The summed E-state index contributed by atoms with van der Waals surface area (Å²) in [6.45, 7) is 16.7. The van der Waals surface area contributed by atoms with Gasteiger partial charge in [0.2, 0.25) is 0 Å². The number of hydrogen-bond donors (Lipinski definition) is 1. The van der Waals surface area contributed by atoms with Crippen molar-refractivity contribution >= 4 is 0 Å². The fourth-order valence-corrected chi connectivity index (χ4v) is 2.37. The van der Waals surface area contributed by atoms with Crippen LogP contribution in [0.25, 0.3) is 0 Å². The van der Waals surface area contributed by atoms with E-state index in [9.17, 15) is 0 Å². The van der Waals surface area contributed by atoms with E-state index >= 15 is 0 Å². The molecule has 1 rings (SSSR count). The lowest BCUT2D eigenvalue weighted by Gasteiger charge is -2.33. The van der Waals surface area contributed by atoms with Gasteiger partial charge in [0.1, 0.15) is 0 Å². The van der Waals surface area contributed by atoms with E-state index in [1.807, 2.05) is 0 Å². The SMILES string of the molecule is CC(C)NCC(C)(C)CN1CCCOC(C)C1. The Morgan fingerprint density at radius 1 is 1.41 bits per heavy atom. The van der Waals surface area contributed by atoms with Gasteiger partial charge in [0.15, 0.2) is 0 Å². The van der Waals surface area contributed by atoms with Gasteiger partial charge in [-0.3, -0.25) is 0 Å². The molecule has 17 heavy (non-hydrogen) atoms. The summed E-state index contributed by atoms with van der Waals surface area (Å²) >= 11 is 0. The molecule has 0 radical (unpaired) electrons. The number of ether oxygens (including phenoxy) is 1. The molecular weight excluding hydrogens is 212 g/mol. The molecule has 1 aliphatic heterocycles. The van der Waals surface area contributed by atoms with Gasteiger partial charge in [-0.15, -0.1) is 0 Å². The zero-order valence-corrected chi connectivity index (χ0v) is 12.3. The lowest BCUT2D eigenvalue weighted by molar-refractivity contribution is 0.0615. The van der Waals surface area contributed by atoms with E-state index in [0.717, 1.165) is 32.7 Å². The second-order valence-electron chi connectivity index (χ2n) is 6.47. The van der Waals surface area contributed by atoms with Gasteiger partial charge < -0.3 is 15.0 Å². The number of nitrogens with one attached hydrogen (secondary N) is 1. The summed E-state index contributed by atoms with van der Waals surface area (Å²) < 4.78 is 5.69. The summed E-state index contributed by atoms with van der Waals surface area (Å²) in [7, 11) is 0. The molecule has 0 bridgehead atoms. The first-order valence-corrected chi connectivity index (χ1v) is 6.96. The van der Waals surface area contributed by atoms with Crippen molar-refractivity contribution in [2.24, 2.45) is 5.41 Å². The molecule has 1 N–H and O–H groups in total. The molecule has 0 aliphatic carbocycles. The highest BCUT2D eigenvalue weighted by atomic mass is 16.5. The van der Waals surface area contributed by atoms with Crippen LogP contribution in [0.1, 0.15) is 41.0 Å². The highest BCUT2D eigenvalue weighted by molar-refractivity contribution is 4.79. The minimum Gasteiger partial charge on any atom is -0.377 e. The lowest BCUT2D eigenvalue weighted by Crippen LogP contribution is -2.43. The summed E-state index contributed by atoms with van der Waals surface area (Å²) in [5.41, 5.74) is 0.328. The van der Waals surface area contributed by atoms with Crippen LogP contribution >= 0.6 is 0 Å². The molecule has 1 aliphatic rings. The summed E-state index contributed by atoms with van der Waals surface area (Å²) in [5.74, 6) is 0. The Morgan fingerprint density at radius 2 is 2.12 bits per heavy atom. The Labute approximate surface area is 107 Å². The number of hydrogen-bond acceptors (Lipinski definition) is 3. The van der Waals surface area contributed by atoms with E-state index in [-0.39, 0.29) is 0 Å². The highest BCUT2D eigenvalue weighted by Crippen LogP contribution is 2.18. The fraction of sp³-hybridized carbons (Fsp3) is 1.00. The normalized spacial score (nSPS) is 24.0. The molecular formula is C14H30N2O. The number of nitrogens with zero attached hydrogens (tertiary/aromatic N) is 1. The van der Waals surface area contributed by atoms with Gasteiger partial charge in [0, 0.05) is 38.8 Å². The molecule has 1 fully saturated rings. The van der Waals surface area contributed by atoms with E-state index in [4.69, 9.17) is 4.74 Å². The quantitative estimate of drug-likeness (QED) is 0.799. The average Bonchev–Trinajstić information content (AvgIpc) is 2.39. The summed E-state index contributed by atoms with van der Waals surface area (Å²) in [4.78, 5) is 2.56. The van der Waals surface area contributed by atoms with Crippen LogP contribution in [0.4, 0.5) is 0 Å². The van der Waals surface area contributed by atoms with Gasteiger partial charge in [-0.25, -0.2) is 0 Å². The molecule has 0 saturated carbocycles. The second-order valence-corrected chi connectivity index (χ2v) is 6.47. The van der Waals surface area contributed by atoms with Crippen molar-refractivity contribution in [3.63, 3.8) is 0 Å². The summed E-state index contributed by atoms with van der Waals surface area (Å²) in [5, 5.41) is 3.54. The van der Waals surface area contributed by atoms with Crippen molar-refractivity contribution in [1.29, 1.82) is 0 Å². The first-order valence-electron chi connectivity index (χ1n) is 6.96. The van der Waals surface area contributed by atoms with E-state index in [2.05, 4.69) is 44.8 Å². The predicted molar refractivity (Wildman–Crippen MR) is 73.4 cm³/mol. The van der Waals surface area contributed by atoms with E-state index < -0.39 is 0 Å². The molecule has 0 amide bonds. The van der Waals surface area contributed by atoms with Gasteiger partial charge in [-0.05, 0) is 18.8 Å². The Hall–Kier alpha value is -0.120. The van der Waals surface area contributed by atoms with Crippen molar-refractivity contribution in [2.45, 2.75) is 53.2 Å². The molecule has 1 saturated heterocycles. The van der Waals surface area contributed by atoms with Gasteiger partial charge in [0.25, 0.3) is 0 Å². The van der Waals surface area contributed by atoms with Crippen molar-refractivity contribution in [1.82, 2.24) is 10.2 Å². The first-order chi connectivity index (χ1) is 7.89. The topological polar surface area (TPSA) is 24.5 Å². The average molecular weight is 242 g/mol. The van der Waals surface area contributed by atoms with E-state index in [1.165, 1.54) is 6.54 Å². The number of rotatable bonds is 5. The third-order valence-electron chi connectivity index (χ3n) is 3.18. The van der Waals surface area contributed by atoms with Crippen LogP contribution in [-0.4, -0.2) is 49.8 Å². The molecule has 3 nitrogen and oxygen atoms in total. The van der Waals surface area contributed by atoms with Crippen LogP contribution in [0, 0.1) is 5.41 Å². The molecule has 0 aromatic heterocycles. The molecule has 0 aromatic carbocycles. The van der Waals surface area contributed by atoms with Gasteiger partial charge >= 0.3 is 0 Å². The monoisotopic (exact) mass is 242 g/mol. The van der Waals surface area contributed by atoms with E-state index in [1.54, 1.807) is 0 Å². The maximum absolute atomic E-state index is 5.69. The maximum Gasteiger partial charge on any atom is 0.0673 e. The van der Waals surface area contributed by atoms with Crippen LogP contribution in [0.15, 0.2) is 0 Å². The summed E-state index contributed by atoms with van der Waals surface area (Å²) in [6.07, 6.45) is 1.55. The van der Waals surface area contributed by atoms with Crippen molar-refractivity contribution in [3.8, 4) is 0 Å².